The monoisotopic (exact) mass is 374 g/mol. The molecule has 4 aliphatic rings. The van der Waals surface area contributed by atoms with Gasteiger partial charge in [0.2, 0.25) is 0 Å². The molecule has 4 fully saturated rings. The van der Waals surface area contributed by atoms with Crippen molar-refractivity contribution in [2.45, 2.75) is 65.9 Å². The smallest absolute Gasteiger partial charge is 0.316 e. The van der Waals surface area contributed by atoms with Crippen molar-refractivity contribution in [1.82, 2.24) is 0 Å². The number of hydrogen-bond acceptors (Lipinski definition) is 3. The van der Waals surface area contributed by atoms with Crippen LogP contribution in [-0.4, -0.2) is 23.1 Å². The lowest BCUT2D eigenvalue weighted by Gasteiger charge is -2.41. The number of esters is 1. The van der Waals surface area contributed by atoms with Crippen molar-refractivity contribution >= 4 is 11.9 Å². The van der Waals surface area contributed by atoms with Gasteiger partial charge >= 0.3 is 11.9 Å². The molecule has 27 heavy (non-hydrogen) atoms. The molecule has 9 unspecified atom stereocenters. The van der Waals surface area contributed by atoms with Gasteiger partial charge in [0.1, 0.15) is 6.10 Å². The summed E-state index contributed by atoms with van der Waals surface area (Å²) in [5.41, 5.74) is 0.268. The SMILES string of the molecule is C=C(C)C(C)(CC(C)C)C(=O)OC1CC2CC1C1C3CC(C(=O)O)C(C3)C21. The van der Waals surface area contributed by atoms with E-state index in [0.29, 0.717) is 41.4 Å². The fraction of sp³-hybridized carbons (Fsp3) is 0.826. The molecule has 0 aliphatic heterocycles. The molecule has 1 N–H and O–H groups in total. The van der Waals surface area contributed by atoms with Gasteiger partial charge in [-0.25, -0.2) is 0 Å². The predicted octanol–water partition coefficient (Wildman–Crippen LogP) is 4.54. The van der Waals surface area contributed by atoms with Crippen LogP contribution in [0.2, 0.25) is 0 Å². The Morgan fingerprint density at radius 1 is 1.11 bits per heavy atom. The lowest BCUT2D eigenvalue weighted by Crippen LogP contribution is -2.43. The lowest BCUT2D eigenvalue weighted by molar-refractivity contribution is -0.164. The molecule has 0 saturated heterocycles. The molecule has 150 valence electrons. The number of ether oxygens (including phenoxy) is 1. The molecule has 4 rings (SSSR count). The lowest BCUT2D eigenvalue weighted by atomic mass is 9.66. The third kappa shape index (κ3) is 2.77. The van der Waals surface area contributed by atoms with Gasteiger partial charge in [0.25, 0.3) is 0 Å². The Morgan fingerprint density at radius 3 is 2.30 bits per heavy atom. The van der Waals surface area contributed by atoms with Gasteiger partial charge < -0.3 is 9.84 Å². The molecule has 4 aliphatic carbocycles. The Balaban J connectivity index is 1.46. The van der Waals surface area contributed by atoms with Crippen molar-refractivity contribution in [2.75, 3.05) is 0 Å². The average Bonchev–Trinajstić information content (AvgIpc) is 3.31. The van der Waals surface area contributed by atoms with Crippen LogP contribution < -0.4 is 0 Å². The molecular weight excluding hydrogens is 340 g/mol. The Bertz CT molecular complexity index is 667. The molecule has 0 spiro atoms. The number of carbonyl (C=O) groups is 2. The number of carboxylic acid groups (broad SMARTS) is 1. The Kier molecular flexibility index (Phi) is 4.47. The van der Waals surface area contributed by atoms with Crippen molar-refractivity contribution in [1.29, 1.82) is 0 Å². The van der Waals surface area contributed by atoms with Crippen LogP contribution in [0, 0.1) is 52.8 Å². The van der Waals surface area contributed by atoms with E-state index in [4.69, 9.17) is 4.74 Å². The highest BCUT2D eigenvalue weighted by atomic mass is 16.5. The van der Waals surface area contributed by atoms with Gasteiger partial charge in [-0.15, -0.1) is 0 Å². The molecule has 4 heteroatoms. The van der Waals surface area contributed by atoms with E-state index >= 15 is 0 Å². The quantitative estimate of drug-likeness (QED) is 0.421. The second-order valence-corrected chi connectivity index (χ2v) is 10.5. The van der Waals surface area contributed by atoms with Crippen LogP contribution in [0.3, 0.4) is 0 Å². The molecule has 0 radical (unpaired) electrons. The maximum absolute atomic E-state index is 13.1. The number of carbonyl (C=O) groups excluding carboxylic acids is 1. The van der Waals surface area contributed by atoms with Gasteiger partial charge in [-0.2, -0.15) is 0 Å². The third-order valence-corrected chi connectivity index (χ3v) is 8.54. The van der Waals surface area contributed by atoms with Crippen molar-refractivity contribution < 1.29 is 19.4 Å². The Morgan fingerprint density at radius 2 is 1.70 bits per heavy atom. The summed E-state index contributed by atoms with van der Waals surface area (Å²) >= 11 is 0. The summed E-state index contributed by atoms with van der Waals surface area (Å²) in [4.78, 5) is 24.7. The molecule has 0 aromatic rings. The van der Waals surface area contributed by atoms with E-state index in [9.17, 15) is 14.7 Å². The van der Waals surface area contributed by atoms with Crippen LogP contribution >= 0.6 is 0 Å². The van der Waals surface area contributed by atoms with Gasteiger partial charge in [0.05, 0.1) is 11.3 Å². The minimum atomic E-state index is -0.613. The number of carboxylic acids is 1. The second kappa shape index (κ2) is 6.35. The second-order valence-electron chi connectivity index (χ2n) is 10.5. The normalized spacial score (nSPS) is 43.6. The van der Waals surface area contributed by atoms with E-state index in [-0.39, 0.29) is 18.0 Å². The maximum atomic E-state index is 13.1. The first kappa shape index (κ1) is 19.0. The first-order valence-electron chi connectivity index (χ1n) is 10.7. The van der Waals surface area contributed by atoms with Crippen LogP contribution in [0.1, 0.15) is 59.8 Å². The summed E-state index contributed by atoms with van der Waals surface area (Å²) in [6, 6.07) is 0. The number of aliphatic carboxylic acids is 1. The van der Waals surface area contributed by atoms with E-state index in [1.165, 1.54) is 0 Å². The van der Waals surface area contributed by atoms with Gasteiger partial charge in [-0.05, 0) is 87.4 Å². The minimum Gasteiger partial charge on any atom is -0.481 e. The van der Waals surface area contributed by atoms with Crippen LogP contribution in [-0.2, 0) is 14.3 Å². The molecule has 0 heterocycles. The van der Waals surface area contributed by atoms with E-state index in [2.05, 4.69) is 20.4 Å². The zero-order valence-corrected chi connectivity index (χ0v) is 17.1. The van der Waals surface area contributed by atoms with Gasteiger partial charge in [-0.1, -0.05) is 26.0 Å². The van der Waals surface area contributed by atoms with Crippen LogP contribution in [0.5, 0.6) is 0 Å². The molecular formula is C23H34O4. The van der Waals surface area contributed by atoms with E-state index in [1.54, 1.807) is 0 Å². The Hall–Kier alpha value is -1.32. The molecule has 4 bridgehead atoms. The summed E-state index contributed by atoms with van der Waals surface area (Å²) in [7, 11) is 0. The summed E-state index contributed by atoms with van der Waals surface area (Å²) < 4.78 is 6.15. The average molecular weight is 375 g/mol. The molecule has 0 amide bonds. The number of fused-ring (bicyclic) bond motifs is 9. The fourth-order valence-electron chi connectivity index (χ4n) is 7.47. The number of hydrogen-bond donors (Lipinski definition) is 1. The van der Waals surface area contributed by atoms with E-state index in [0.717, 1.165) is 37.7 Å². The largest absolute Gasteiger partial charge is 0.481 e. The molecule has 0 aromatic heterocycles. The molecule has 4 saturated carbocycles. The highest BCUT2D eigenvalue weighted by molar-refractivity contribution is 5.80. The first-order valence-corrected chi connectivity index (χ1v) is 10.7. The standard InChI is InChI=1S/C23H34O4/c1-11(2)10-23(5,12(3)4)22(26)27-18-9-14-8-17(18)20-13-6-15(19(14)20)16(7-13)21(24)25/h11,13-20H,3,6-10H2,1-2,4-5H3,(H,24,25). The summed E-state index contributed by atoms with van der Waals surface area (Å²) in [5.74, 6) is 2.61. The first-order chi connectivity index (χ1) is 12.6. The Labute approximate surface area is 162 Å². The van der Waals surface area contributed by atoms with Crippen molar-refractivity contribution in [3.05, 3.63) is 12.2 Å². The topological polar surface area (TPSA) is 63.6 Å². The van der Waals surface area contributed by atoms with Gasteiger partial charge in [-0.3, -0.25) is 9.59 Å². The summed E-state index contributed by atoms with van der Waals surface area (Å²) in [5, 5.41) is 9.53. The molecule has 4 nitrogen and oxygen atoms in total. The van der Waals surface area contributed by atoms with Crippen molar-refractivity contribution in [2.24, 2.45) is 52.8 Å². The summed E-state index contributed by atoms with van der Waals surface area (Å²) in [6.45, 7) is 12.2. The van der Waals surface area contributed by atoms with Crippen LogP contribution in [0.15, 0.2) is 12.2 Å². The molecule has 9 atom stereocenters. The highest BCUT2D eigenvalue weighted by Gasteiger charge is 2.66. The number of rotatable bonds is 6. The van der Waals surface area contributed by atoms with Crippen molar-refractivity contribution in [3.8, 4) is 0 Å². The zero-order chi connectivity index (χ0) is 19.7. The van der Waals surface area contributed by atoms with E-state index in [1.807, 2.05) is 13.8 Å². The molecule has 0 aromatic carbocycles. The van der Waals surface area contributed by atoms with Crippen LogP contribution in [0.25, 0.3) is 0 Å². The zero-order valence-electron chi connectivity index (χ0n) is 17.1. The van der Waals surface area contributed by atoms with E-state index < -0.39 is 11.4 Å². The summed E-state index contributed by atoms with van der Waals surface area (Å²) in [6.07, 6.45) is 4.76. The van der Waals surface area contributed by atoms with Gasteiger partial charge in [0.15, 0.2) is 0 Å². The highest BCUT2D eigenvalue weighted by Crippen LogP contribution is 2.69. The van der Waals surface area contributed by atoms with Gasteiger partial charge in [0, 0.05) is 0 Å². The van der Waals surface area contributed by atoms with Crippen molar-refractivity contribution in [3.63, 3.8) is 0 Å². The third-order valence-electron chi connectivity index (χ3n) is 8.54. The van der Waals surface area contributed by atoms with Crippen LogP contribution in [0.4, 0.5) is 0 Å². The fourth-order valence-corrected chi connectivity index (χ4v) is 7.47. The maximum Gasteiger partial charge on any atom is 0.316 e. The predicted molar refractivity (Wildman–Crippen MR) is 103 cm³/mol. The minimum absolute atomic E-state index is 0.0252.